The normalized spacial score (nSPS) is 18.1. The molecule has 2 rings (SSSR count). The summed E-state index contributed by atoms with van der Waals surface area (Å²) < 4.78 is 40.3. The monoisotopic (exact) mass is 354 g/mol. The summed E-state index contributed by atoms with van der Waals surface area (Å²) >= 11 is 11.4. The Bertz CT molecular complexity index is 617. The number of alkyl halides is 1. The van der Waals surface area contributed by atoms with Crippen molar-refractivity contribution >= 4 is 33.2 Å². The van der Waals surface area contributed by atoms with Crippen molar-refractivity contribution in [3.8, 4) is 0 Å². The molecule has 1 heterocycles. The van der Waals surface area contributed by atoms with Crippen molar-refractivity contribution in [1.29, 1.82) is 0 Å². The Morgan fingerprint density at radius 3 is 2.38 bits per heavy atom. The van der Waals surface area contributed by atoms with E-state index in [1.807, 2.05) is 6.92 Å². The molecule has 21 heavy (non-hydrogen) atoms. The van der Waals surface area contributed by atoms with Gasteiger partial charge in [-0.3, -0.25) is 0 Å². The van der Waals surface area contributed by atoms with E-state index in [4.69, 9.17) is 23.2 Å². The van der Waals surface area contributed by atoms with Crippen molar-refractivity contribution in [2.75, 3.05) is 32.7 Å². The summed E-state index contributed by atoms with van der Waals surface area (Å²) in [6.45, 7) is 5.07. The largest absolute Gasteiger partial charge is 0.301 e. The average molecular weight is 355 g/mol. The predicted molar refractivity (Wildman–Crippen MR) is 81.8 cm³/mol. The Morgan fingerprint density at radius 1 is 1.24 bits per heavy atom. The van der Waals surface area contributed by atoms with Crippen molar-refractivity contribution in [2.45, 2.75) is 17.7 Å². The van der Waals surface area contributed by atoms with Gasteiger partial charge in [0.2, 0.25) is 10.0 Å². The highest BCUT2D eigenvalue weighted by Crippen LogP contribution is 2.27. The first-order valence-electron chi connectivity index (χ1n) is 6.66. The standard InChI is InChI=1S/C13H17Cl2FN2O2S/c1-2-17-3-5-18(6-4-17)21(19,20)11-7-10(9-14)13(15)12(16)8-11/h7-8H,2-6,9H2,1H3. The number of nitrogens with zero attached hydrogens (tertiary/aromatic N) is 2. The van der Waals surface area contributed by atoms with E-state index < -0.39 is 15.8 Å². The molecule has 0 unspecified atom stereocenters. The number of hydrogen-bond acceptors (Lipinski definition) is 3. The van der Waals surface area contributed by atoms with Gasteiger partial charge in [0, 0.05) is 32.1 Å². The molecule has 1 aromatic carbocycles. The lowest BCUT2D eigenvalue weighted by Crippen LogP contribution is -2.48. The lowest BCUT2D eigenvalue weighted by Gasteiger charge is -2.33. The molecule has 1 aliphatic heterocycles. The van der Waals surface area contributed by atoms with Gasteiger partial charge in [0.05, 0.1) is 9.92 Å². The Labute approximate surface area is 134 Å². The van der Waals surface area contributed by atoms with E-state index in [1.165, 1.54) is 10.4 Å². The van der Waals surface area contributed by atoms with Gasteiger partial charge in [-0.15, -0.1) is 11.6 Å². The van der Waals surface area contributed by atoms with Crippen LogP contribution < -0.4 is 0 Å². The molecule has 1 aromatic rings. The third-order valence-corrected chi connectivity index (χ3v) is 6.22. The Hall–Kier alpha value is -0.400. The molecule has 0 atom stereocenters. The van der Waals surface area contributed by atoms with Crippen LogP contribution in [0.15, 0.2) is 17.0 Å². The van der Waals surface area contributed by atoms with Gasteiger partial charge in [-0.2, -0.15) is 4.31 Å². The maximum atomic E-state index is 13.8. The SMILES string of the molecule is CCN1CCN(S(=O)(=O)c2cc(F)c(Cl)c(CCl)c2)CC1. The highest BCUT2D eigenvalue weighted by Gasteiger charge is 2.29. The summed E-state index contributed by atoms with van der Waals surface area (Å²) in [6.07, 6.45) is 0. The topological polar surface area (TPSA) is 40.6 Å². The van der Waals surface area contributed by atoms with Gasteiger partial charge in [-0.1, -0.05) is 18.5 Å². The van der Waals surface area contributed by atoms with Gasteiger partial charge in [0.25, 0.3) is 0 Å². The summed E-state index contributed by atoms with van der Waals surface area (Å²) in [6, 6.07) is 2.31. The van der Waals surface area contributed by atoms with E-state index >= 15 is 0 Å². The van der Waals surface area contributed by atoms with Crippen LogP contribution in [-0.4, -0.2) is 50.3 Å². The van der Waals surface area contributed by atoms with E-state index in [0.717, 1.165) is 12.6 Å². The highest BCUT2D eigenvalue weighted by atomic mass is 35.5. The Balaban J connectivity index is 2.30. The molecule has 0 aromatic heterocycles. The molecular formula is C13H17Cl2FN2O2S. The first-order chi connectivity index (χ1) is 9.90. The van der Waals surface area contributed by atoms with E-state index in [2.05, 4.69) is 4.90 Å². The zero-order chi connectivity index (χ0) is 15.6. The predicted octanol–water partition coefficient (Wildman–Crippen LogP) is 2.54. The fourth-order valence-corrected chi connectivity index (χ4v) is 4.24. The number of hydrogen-bond donors (Lipinski definition) is 0. The molecule has 118 valence electrons. The van der Waals surface area contributed by atoms with Crippen LogP contribution in [0.4, 0.5) is 4.39 Å². The van der Waals surface area contributed by atoms with Crippen molar-refractivity contribution in [3.05, 3.63) is 28.5 Å². The average Bonchev–Trinajstić information content (AvgIpc) is 2.49. The number of rotatable bonds is 4. The maximum absolute atomic E-state index is 13.8. The zero-order valence-electron chi connectivity index (χ0n) is 11.7. The van der Waals surface area contributed by atoms with E-state index in [-0.39, 0.29) is 21.4 Å². The molecule has 0 spiro atoms. The molecule has 0 saturated carbocycles. The highest BCUT2D eigenvalue weighted by molar-refractivity contribution is 7.89. The molecule has 0 bridgehead atoms. The fourth-order valence-electron chi connectivity index (χ4n) is 2.30. The summed E-state index contributed by atoms with van der Waals surface area (Å²) in [4.78, 5) is 2.07. The molecule has 0 amide bonds. The molecule has 0 N–H and O–H groups in total. The number of benzene rings is 1. The van der Waals surface area contributed by atoms with Crippen LogP contribution in [0, 0.1) is 5.82 Å². The van der Waals surface area contributed by atoms with Gasteiger partial charge in [-0.05, 0) is 24.2 Å². The van der Waals surface area contributed by atoms with Crippen molar-refractivity contribution in [2.24, 2.45) is 0 Å². The Morgan fingerprint density at radius 2 is 1.86 bits per heavy atom. The second-order valence-corrected chi connectivity index (χ2v) is 7.43. The van der Waals surface area contributed by atoms with Crippen LogP contribution >= 0.6 is 23.2 Å². The minimum absolute atomic E-state index is 0.0390. The van der Waals surface area contributed by atoms with Gasteiger partial charge >= 0.3 is 0 Å². The molecule has 4 nitrogen and oxygen atoms in total. The molecule has 8 heteroatoms. The summed E-state index contributed by atoms with van der Waals surface area (Å²) in [5, 5.41) is -0.125. The summed E-state index contributed by atoms with van der Waals surface area (Å²) in [5.41, 5.74) is 0.282. The maximum Gasteiger partial charge on any atom is 0.243 e. The van der Waals surface area contributed by atoms with Crippen molar-refractivity contribution in [1.82, 2.24) is 9.21 Å². The quantitative estimate of drug-likeness (QED) is 0.780. The molecule has 0 radical (unpaired) electrons. The third kappa shape index (κ3) is 3.51. The van der Waals surface area contributed by atoms with Crippen molar-refractivity contribution in [3.63, 3.8) is 0 Å². The molecular weight excluding hydrogens is 338 g/mol. The third-order valence-electron chi connectivity index (χ3n) is 3.64. The molecule has 1 fully saturated rings. The number of halogens is 3. The van der Waals surface area contributed by atoms with Crippen LogP contribution in [0.5, 0.6) is 0 Å². The van der Waals surface area contributed by atoms with Gasteiger partial charge < -0.3 is 4.90 Å². The minimum atomic E-state index is -3.72. The second-order valence-electron chi connectivity index (χ2n) is 4.85. The van der Waals surface area contributed by atoms with Gasteiger partial charge in [0.1, 0.15) is 5.82 Å². The molecule has 0 aliphatic carbocycles. The van der Waals surface area contributed by atoms with Crippen LogP contribution in [0.2, 0.25) is 5.02 Å². The van der Waals surface area contributed by atoms with E-state index in [0.29, 0.717) is 26.2 Å². The zero-order valence-corrected chi connectivity index (χ0v) is 14.0. The van der Waals surface area contributed by atoms with Crippen molar-refractivity contribution < 1.29 is 12.8 Å². The van der Waals surface area contributed by atoms with Crippen LogP contribution in [0.3, 0.4) is 0 Å². The lowest BCUT2D eigenvalue weighted by molar-refractivity contribution is 0.196. The van der Waals surface area contributed by atoms with E-state index in [1.54, 1.807) is 0 Å². The van der Waals surface area contributed by atoms with Gasteiger partial charge in [-0.25, -0.2) is 12.8 Å². The van der Waals surface area contributed by atoms with Crippen LogP contribution in [-0.2, 0) is 15.9 Å². The minimum Gasteiger partial charge on any atom is -0.301 e. The number of piperazine rings is 1. The smallest absolute Gasteiger partial charge is 0.243 e. The number of likely N-dealkylation sites (N-methyl/N-ethyl adjacent to an activating group) is 1. The second kappa shape index (κ2) is 6.79. The molecule has 1 saturated heterocycles. The first kappa shape index (κ1) is 17.0. The van der Waals surface area contributed by atoms with Crippen LogP contribution in [0.1, 0.15) is 12.5 Å². The van der Waals surface area contributed by atoms with Crippen LogP contribution in [0.25, 0.3) is 0 Å². The lowest BCUT2D eigenvalue weighted by atomic mass is 10.2. The molecule has 1 aliphatic rings. The summed E-state index contributed by atoms with van der Waals surface area (Å²) in [7, 11) is -3.72. The first-order valence-corrected chi connectivity index (χ1v) is 9.01. The van der Waals surface area contributed by atoms with Gasteiger partial charge in [0.15, 0.2) is 0 Å². The number of sulfonamides is 1. The van der Waals surface area contributed by atoms with E-state index in [9.17, 15) is 12.8 Å². The fraction of sp³-hybridized carbons (Fsp3) is 0.538. The summed E-state index contributed by atoms with van der Waals surface area (Å²) in [5.74, 6) is -0.802. The Kier molecular flexibility index (Phi) is 5.48.